The van der Waals surface area contributed by atoms with Crippen LogP contribution in [0.4, 0.5) is 5.82 Å². The van der Waals surface area contributed by atoms with Gasteiger partial charge in [0.25, 0.3) is 5.91 Å². The molecule has 4 nitrogen and oxygen atoms in total. The summed E-state index contributed by atoms with van der Waals surface area (Å²) in [5.74, 6) is 0.256. The minimum Gasteiger partial charge on any atom is -0.383 e. The topological polar surface area (TPSA) is 59.2 Å². The number of pyridine rings is 1. The number of benzene rings is 1. The average molecular weight is 253 g/mol. The monoisotopic (exact) mass is 253 g/mol. The molecule has 96 valence electrons. The number of carbonyl (C=O) groups excluding carboxylic acids is 1. The van der Waals surface area contributed by atoms with Crippen molar-refractivity contribution in [3.8, 4) is 0 Å². The molecule has 3 rings (SSSR count). The first kappa shape index (κ1) is 11.7. The van der Waals surface area contributed by atoms with Crippen molar-refractivity contribution < 1.29 is 4.79 Å². The summed E-state index contributed by atoms with van der Waals surface area (Å²) in [7, 11) is 0. The summed E-state index contributed by atoms with van der Waals surface area (Å²) in [6, 6.07) is 11.7. The van der Waals surface area contributed by atoms with Gasteiger partial charge in [-0.3, -0.25) is 4.79 Å². The molecule has 2 aromatic rings. The highest BCUT2D eigenvalue weighted by atomic mass is 16.2. The molecule has 4 heteroatoms. The second kappa shape index (κ2) is 4.72. The van der Waals surface area contributed by atoms with E-state index < -0.39 is 0 Å². The van der Waals surface area contributed by atoms with E-state index in [-0.39, 0.29) is 5.91 Å². The number of nitrogen functional groups attached to an aromatic ring is 1. The maximum atomic E-state index is 12.4. The van der Waals surface area contributed by atoms with Gasteiger partial charge in [-0.25, -0.2) is 4.98 Å². The fourth-order valence-corrected chi connectivity index (χ4v) is 2.44. The molecule has 0 fully saturated rings. The minimum absolute atomic E-state index is 0.0416. The third-order valence-electron chi connectivity index (χ3n) is 3.49. The van der Waals surface area contributed by atoms with E-state index >= 15 is 0 Å². The second-order valence-corrected chi connectivity index (χ2v) is 4.68. The van der Waals surface area contributed by atoms with Crippen LogP contribution < -0.4 is 5.73 Å². The van der Waals surface area contributed by atoms with Gasteiger partial charge in [-0.15, -0.1) is 0 Å². The minimum atomic E-state index is -0.0416. The maximum Gasteiger partial charge on any atom is 0.257 e. The highest BCUT2D eigenvalue weighted by molar-refractivity contribution is 5.98. The molecule has 1 aliphatic heterocycles. The molecule has 1 amide bonds. The Morgan fingerprint density at radius 3 is 2.74 bits per heavy atom. The van der Waals surface area contributed by atoms with Crippen LogP contribution in [-0.4, -0.2) is 22.3 Å². The van der Waals surface area contributed by atoms with Gasteiger partial charge in [0.2, 0.25) is 0 Å². The van der Waals surface area contributed by atoms with Crippen LogP contribution in [-0.2, 0) is 13.0 Å². The molecular formula is C15H15N3O. The fourth-order valence-electron chi connectivity index (χ4n) is 2.44. The van der Waals surface area contributed by atoms with Crippen LogP contribution in [0.1, 0.15) is 21.5 Å². The maximum absolute atomic E-state index is 12.4. The van der Waals surface area contributed by atoms with E-state index in [0.29, 0.717) is 17.9 Å². The summed E-state index contributed by atoms with van der Waals surface area (Å²) < 4.78 is 0. The number of anilines is 1. The molecule has 0 atom stereocenters. The van der Waals surface area contributed by atoms with Crippen molar-refractivity contribution in [3.05, 3.63) is 59.3 Å². The Balaban J connectivity index is 1.86. The van der Waals surface area contributed by atoms with Gasteiger partial charge < -0.3 is 10.6 Å². The van der Waals surface area contributed by atoms with Crippen LogP contribution in [0.2, 0.25) is 0 Å². The van der Waals surface area contributed by atoms with Crippen molar-refractivity contribution in [1.29, 1.82) is 0 Å². The molecule has 0 saturated heterocycles. The summed E-state index contributed by atoms with van der Waals surface area (Å²) in [4.78, 5) is 18.2. The molecule has 2 N–H and O–H groups in total. The molecule has 0 unspecified atom stereocenters. The van der Waals surface area contributed by atoms with Crippen LogP contribution in [0.25, 0.3) is 0 Å². The van der Waals surface area contributed by atoms with Gasteiger partial charge in [0, 0.05) is 19.3 Å². The molecule has 2 heterocycles. The molecule has 19 heavy (non-hydrogen) atoms. The molecule has 0 radical (unpaired) electrons. The fraction of sp³-hybridized carbons (Fsp3) is 0.200. The lowest BCUT2D eigenvalue weighted by Gasteiger charge is -2.29. The van der Waals surface area contributed by atoms with Crippen molar-refractivity contribution in [2.24, 2.45) is 0 Å². The zero-order valence-corrected chi connectivity index (χ0v) is 10.5. The summed E-state index contributed by atoms with van der Waals surface area (Å²) in [6.07, 6.45) is 2.49. The van der Waals surface area contributed by atoms with Gasteiger partial charge >= 0.3 is 0 Å². The summed E-state index contributed by atoms with van der Waals surface area (Å²) in [5.41, 5.74) is 8.79. The Bertz CT molecular complexity index is 624. The number of fused-ring (bicyclic) bond motifs is 1. The number of hydrogen-bond acceptors (Lipinski definition) is 3. The lowest BCUT2D eigenvalue weighted by atomic mass is 9.99. The van der Waals surface area contributed by atoms with E-state index in [1.165, 1.54) is 11.1 Å². The Labute approximate surface area is 111 Å². The van der Waals surface area contributed by atoms with Crippen LogP contribution >= 0.6 is 0 Å². The van der Waals surface area contributed by atoms with Gasteiger partial charge in [-0.05, 0) is 29.7 Å². The molecule has 0 spiro atoms. The Morgan fingerprint density at radius 1 is 1.16 bits per heavy atom. The normalized spacial score (nSPS) is 14.0. The first-order valence-electron chi connectivity index (χ1n) is 6.32. The van der Waals surface area contributed by atoms with Gasteiger partial charge in [0.15, 0.2) is 0 Å². The number of amides is 1. The Kier molecular flexibility index (Phi) is 2.91. The van der Waals surface area contributed by atoms with E-state index in [0.717, 1.165) is 13.0 Å². The molecule has 0 saturated carbocycles. The number of hydrogen-bond donors (Lipinski definition) is 1. The number of aromatic nitrogens is 1. The van der Waals surface area contributed by atoms with Crippen LogP contribution in [0, 0.1) is 0 Å². The summed E-state index contributed by atoms with van der Waals surface area (Å²) in [5, 5.41) is 0. The molecule has 1 aromatic carbocycles. The lowest BCUT2D eigenvalue weighted by molar-refractivity contribution is 0.0735. The van der Waals surface area contributed by atoms with Crippen molar-refractivity contribution in [2.45, 2.75) is 13.0 Å². The number of rotatable bonds is 1. The third-order valence-corrected chi connectivity index (χ3v) is 3.49. The van der Waals surface area contributed by atoms with E-state index in [2.05, 4.69) is 17.1 Å². The zero-order valence-electron chi connectivity index (χ0n) is 10.5. The molecule has 1 aliphatic rings. The molecule has 1 aromatic heterocycles. The van der Waals surface area contributed by atoms with E-state index in [9.17, 15) is 4.79 Å². The molecule has 0 aliphatic carbocycles. The van der Waals surface area contributed by atoms with Gasteiger partial charge in [-0.2, -0.15) is 0 Å². The summed E-state index contributed by atoms with van der Waals surface area (Å²) >= 11 is 0. The predicted octanol–water partition coefficient (Wildman–Crippen LogP) is 1.86. The standard InChI is InChI=1S/C15H15N3O/c16-14-13(6-3-8-17-14)15(19)18-9-7-11-4-1-2-5-12(11)10-18/h1-6,8H,7,9-10H2,(H2,16,17). The number of carbonyl (C=O) groups is 1. The highest BCUT2D eigenvalue weighted by Gasteiger charge is 2.22. The van der Waals surface area contributed by atoms with Gasteiger partial charge in [0.1, 0.15) is 5.82 Å². The Hall–Kier alpha value is -2.36. The van der Waals surface area contributed by atoms with Gasteiger partial charge in [-0.1, -0.05) is 24.3 Å². The van der Waals surface area contributed by atoms with Crippen molar-refractivity contribution >= 4 is 11.7 Å². The predicted molar refractivity (Wildman–Crippen MR) is 73.5 cm³/mol. The second-order valence-electron chi connectivity index (χ2n) is 4.68. The van der Waals surface area contributed by atoms with E-state index in [1.54, 1.807) is 18.3 Å². The quantitative estimate of drug-likeness (QED) is 0.844. The van der Waals surface area contributed by atoms with Crippen molar-refractivity contribution in [2.75, 3.05) is 12.3 Å². The first-order valence-corrected chi connectivity index (χ1v) is 6.32. The lowest BCUT2D eigenvalue weighted by Crippen LogP contribution is -2.36. The highest BCUT2D eigenvalue weighted by Crippen LogP contribution is 2.21. The smallest absolute Gasteiger partial charge is 0.257 e. The molecule has 0 bridgehead atoms. The number of nitrogens with zero attached hydrogens (tertiary/aromatic N) is 2. The van der Waals surface area contributed by atoms with E-state index in [1.807, 2.05) is 17.0 Å². The Morgan fingerprint density at radius 2 is 1.95 bits per heavy atom. The van der Waals surface area contributed by atoms with Crippen LogP contribution in [0.3, 0.4) is 0 Å². The zero-order chi connectivity index (χ0) is 13.2. The third kappa shape index (κ3) is 2.17. The SMILES string of the molecule is Nc1ncccc1C(=O)N1CCc2ccccc2C1. The summed E-state index contributed by atoms with van der Waals surface area (Å²) in [6.45, 7) is 1.37. The van der Waals surface area contributed by atoms with E-state index in [4.69, 9.17) is 5.73 Å². The molecular weight excluding hydrogens is 238 g/mol. The van der Waals surface area contributed by atoms with Crippen molar-refractivity contribution in [3.63, 3.8) is 0 Å². The van der Waals surface area contributed by atoms with Crippen molar-refractivity contribution in [1.82, 2.24) is 9.88 Å². The van der Waals surface area contributed by atoms with Gasteiger partial charge in [0.05, 0.1) is 5.56 Å². The number of nitrogens with two attached hydrogens (primary N) is 1. The van der Waals surface area contributed by atoms with Crippen LogP contribution in [0.15, 0.2) is 42.6 Å². The average Bonchev–Trinajstić information content (AvgIpc) is 2.46. The van der Waals surface area contributed by atoms with Crippen LogP contribution in [0.5, 0.6) is 0 Å². The largest absolute Gasteiger partial charge is 0.383 e. The first-order chi connectivity index (χ1) is 9.25.